The molecule has 0 radical (unpaired) electrons. The molecule has 17 heavy (non-hydrogen) atoms. The molecule has 1 unspecified atom stereocenters. The highest BCUT2D eigenvalue weighted by molar-refractivity contribution is 9.10. The van der Waals surface area contributed by atoms with Crippen molar-refractivity contribution < 1.29 is 5.11 Å². The molecule has 0 heterocycles. The first-order chi connectivity index (χ1) is 8.10. The van der Waals surface area contributed by atoms with Crippen LogP contribution in [0.25, 0.3) is 0 Å². The highest BCUT2D eigenvalue weighted by Crippen LogP contribution is 2.29. The van der Waals surface area contributed by atoms with Gasteiger partial charge >= 0.3 is 0 Å². The van der Waals surface area contributed by atoms with Crippen molar-refractivity contribution in [2.24, 2.45) is 0 Å². The third-order valence-corrected chi connectivity index (χ3v) is 3.05. The van der Waals surface area contributed by atoms with Crippen LogP contribution in [0, 0.1) is 12.3 Å². The summed E-state index contributed by atoms with van der Waals surface area (Å²) < 4.78 is 0.995. The lowest BCUT2D eigenvalue weighted by molar-refractivity contribution is 0.199. The number of aliphatic hydroxyl groups excluding tert-OH is 1. The Bertz CT molecular complexity index is 409. The molecule has 0 aliphatic heterocycles. The maximum atomic E-state index is 9.79. The Morgan fingerprint density at radius 3 is 2.76 bits per heavy atom. The molecular formula is C14H18BrNO. The van der Waals surface area contributed by atoms with E-state index in [9.17, 15) is 5.11 Å². The first kappa shape index (κ1) is 14.1. The summed E-state index contributed by atoms with van der Waals surface area (Å²) in [5.74, 6) is 2.67. The van der Waals surface area contributed by atoms with Gasteiger partial charge in [-0.2, -0.15) is 0 Å². The van der Waals surface area contributed by atoms with Crippen molar-refractivity contribution >= 4 is 21.6 Å². The van der Waals surface area contributed by atoms with Gasteiger partial charge in [0, 0.05) is 22.3 Å². The van der Waals surface area contributed by atoms with Gasteiger partial charge in [0.05, 0.1) is 12.6 Å². The Hall–Kier alpha value is -0.980. The van der Waals surface area contributed by atoms with Gasteiger partial charge in [-0.05, 0) is 25.5 Å². The number of hydrogen-bond donors (Lipinski definition) is 1. The van der Waals surface area contributed by atoms with Crippen LogP contribution in [0.15, 0.2) is 22.7 Å². The molecule has 1 N–H and O–H groups in total. The number of halogens is 1. The van der Waals surface area contributed by atoms with E-state index in [0.29, 0.717) is 6.54 Å². The molecular weight excluding hydrogens is 278 g/mol. The number of anilines is 1. The fourth-order valence-electron chi connectivity index (χ4n) is 1.81. The molecule has 1 aromatic carbocycles. The van der Waals surface area contributed by atoms with Crippen molar-refractivity contribution in [3.63, 3.8) is 0 Å². The monoisotopic (exact) mass is 295 g/mol. The van der Waals surface area contributed by atoms with Crippen molar-refractivity contribution in [3.05, 3.63) is 28.2 Å². The molecule has 0 saturated heterocycles. The van der Waals surface area contributed by atoms with Crippen LogP contribution in [0.1, 0.15) is 31.9 Å². The second kappa shape index (κ2) is 6.68. The fraction of sp³-hybridized carbons (Fsp3) is 0.429. The van der Waals surface area contributed by atoms with E-state index < -0.39 is 6.10 Å². The van der Waals surface area contributed by atoms with E-state index in [1.165, 1.54) is 0 Å². The molecule has 0 amide bonds. The second-order valence-electron chi connectivity index (χ2n) is 4.00. The van der Waals surface area contributed by atoms with Crippen LogP contribution in [0.4, 0.5) is 5.69 Å². The highest BCUT2D eigenvalue weighted by Gasteiger charge is 2.13. The first-order valence-corrected chi connectivity index (χ1v) is 6.55. The Labute approximate surface area is 112 Å². The van der Waals surface area contributed by atoms with Crippen LogP contribution in [0.2, 0.25) is 0 Å². The summed E-state index contributed by atoms with van der Waals surface area (Å²) in [6.45, 7) is 5.33. The lowest BCUT2D eigenvalue weighted by Crippen LogP contribution is -2.25. The molecule has 0 fully saturated rings. The summed E-state index contributed by atoms with van der Waals surface area (Å²) in [6.07, 6.45) is 5.93. The lowest BCUT2D eigenvalue weighted by Gasteiger charge is -2.26. The normalized spacial score (nSPS) is 11.9. The van der Waals surface area contributed by atoms with Gasteiger partial charge in [-0.1, -0.05) is 34.8 Å². The predicted molar refractivity (Wildman–Crippen MR) is 76.1 cm³/mol. The highest BCUT2D eigenvalue weighted by atomic mass is 79.9. The number of nitrogens with zero attached hydrogens (tertiary/aromatic N) is 1. The van der Waals surface area contributed by atoms with Gasteiger partial charge < -0.3 is 10.0 Å². The van der Waals surface area contributed by atoms with Crippen LogP contribution < -0.4 is 4.90 Å². The van der Waals surface area contributed by atoms with Crippen LogP contribution >= 0.6 is 15.9 Å². The summed E-state index contributed by atoms with van der Waals surface area (Å²) in [5.41, 5.74) is 1.92. The van der Waals surface area contributed by atoms with E-state index >= 15 is 0 Å². The minimum Gasteiger partial charge on any atom is -0.389 e. The molecule has 0 spiro atoms. The van der Waals surface area contributed by atoms with Gasteiger partial charge in [-0.25, -0.2) is 0 Å². The van der Waals surface area contributed by atoms with Gasteiger partial charge in [0.1, 0.15) is 0 Å². The minimum atomic E-state index is -0.491. The van der Waals surface area contributed by atoms with Crippen molar-refractivity contribution in [1.29, 1.82) is 0 Å². The van der Waals surface area contributed by atoms with Crippen LogP contribution in [-0.4, -0.2) is 18.2 Å². The van der Waals surface area contributed by atoms with E-state index in [4.69, 9.17) is 6.42 Å². The Balaban J connectivity index is 3.15. The summed E-state index contributed by atoms with van der Waals surface area (Å²) >= 11 is 3.46. The van der Waals surface area contributed by atoms with Crippen molar-refractivity contribution in [2.45, 2.75) is 26.4 Å². The summed E-state index contributed by atoms with van der Waals surface area (Å²) in [5, 5.41) is 9.79. The lowest BCUT2D eigenvalue weighted by atomic mass is 10.1. The topological polar surface area (TPSA) is 23.5 Å². The molecule has 92 valence electrons. The first-order valence-electron chi connectivity index (χ1n) is 5.76. The Kier molecular flexibility index (Phi) is 5.54. The van der Waals surface area contributed by atoms with Gasteiger partial charge in [0.15, 0.2) is 0 Å². The quantitative estimate of drug-likeness (QED) is 0.842. The predicted octanol–water partition coefficient (Wildman–Crippen LogP) is 3.35. The SMILES string of the molecule is C#CCN(CCC)c1cc(Br)ccc1C(C)O. The summed E-state index contributed by atoms with van der Waals surface area (Å²) in [4.78, 5) is 2.12. The van der Waals surface area contributed by atoms with Gasteiger partial charge in [0.25, 0.3) is 0 Å². The molecule has 1 atom stereocenters. The zero-order chi connectivity index (χ0) is 12.8. The van der Waals surface area contributed by atoms with E-state index in [0.717, 1.165) is 28.7 Å². The fourth-order valence-corrected chi connectivity index (χ4v) is 2.16. The molecule has 0 aliphatic rings. The van der Waals surface area contributed by atoms with Crippen molar-refractivity contribution in [1.82, 2.24) is 0 Å². The van der Waals surface area contributed by atoms with E-state index in [-0.39, 0.29) is 0 Å². The summed E-state index contributed by atoms with van der Waals surface area (Å²) in [6, 6.07) is 5.88. The second-order valence-corrected chi connectivity index (χ2v) is 4.92. The maximum Gasteiger partial charge on any atom is 0.0791 e. The van der Waals surface area contributed by atoms with Crippen molar-refractivity contribution in [3.8, 4) is 12.3 Å². The molecule has 2 nitrogen and oxygen atoms in total. The third kappa shape index (κ3) is 3.76. The number of aliphatic hydroxyl groups is 1. The van der Waals surface area contributed by atoms with E-state index in [2.05, 4.69) is 33.7 Å². The van der Waals surface area contributed by atoms with Crippen LogP contribution in [-0.2, 0) is 0 Å². The third-order valence-electron chi connectivity index (χ3n) is 2.56. The van der Waals surface area contributed by atoms with Crippen LogP contribution in [0.3, 0.4) is 0 Å². The summed E-state index contributed by atoms with van der Waals surface area (Å²) in [7, 11) is 0. The Morgan fingerprint density at radius 1 is 1.53 bits per heavy atom. The van der Waals surface area contributed by atoms with E-state index in [1.54, 1.807) is 6.92 Å². The molecule has 1 rings (SSSR count). The largest absolute Gasteiger partial charge is 0.389 e. The molecule has 0 aliphatic carbocycles. The molecule has 0 bridgehead atoms. The average molecular weight is 296 g/mol. The standard InChI is InChI=1S/C14H18BrNO/c1-4-8-16(9-5-2)14-10-12(15)6-7-13(14)11(3)17/h1,6-7,10-11,17H,5,8-9H2,2-3H3. The van der Waals surface area contributed by atoms with Gasteiger partial charge in [-0.3, -0.25) is 0 Å². The molecule has 3 heteroatoms. The van der Waals surface area contributed by atoms with Gasteiger partial charge in [0.2, 0.25) is 0 Å². The number of rotatable bonds is 5. The minimum absolute atomic E-state index is 0.491. The number of hydrogen-bond acceptors (Lipinski definition) is 2. The smallest absolute Gasteiger partial charge is 0.0791 e. The zero-order valence-electron chi connectivity index (χ0n) is 10.3. The Morgan fingerprint density at radius 2 is 2.24 bits per heavy atom. The molecule has 0 aromatic heterocycles. The molecule has 1 aromatic rings. The van der Waals surface area contributed by atoms with Crippen molar-refractivity contribution in [2.75, 3.05) is 18.0 Å². The van der Waals surface area contributed by atoms with E-state index in [1.807, 2.05) is 18.2 Å². The van der Waals surface area contributed by atoms with Crippen LogP contribution in [0.5, 0.6) is 0 Å². The number of terminal acetylenes is 1. The number of benzene rings is 1. The average Bonchev–Trinajstić information content (AvgIpc) is 2.28. The molecule has 0 saturated carbocycles. The maximum absolute atomic E-state index is 9.79. The van der Waals surface area contributed by atoms with Gasteiger partial charge in [-0.15, -0.1) is 6.42 Å². The zero-order valence-corrected chi connectivity index (χ0v) is 11.9.